The summed E-state index contributed by atoms with van der Waals surface area (Å²) in [6, 6.07) is 3.69. The fraction of sp³-hybridized carbons (Fsp3) is 0.625. The van der Waals surface area contributed by atoms with Crippen LogP contribution in [0, 0.1) is 5.92 Å². The maximum absolute atomic E-state index is 12.7. The van der Waals surface area contributed by atoms with Crippen LogP contribution in [0.5, 0.6) is 5.75 Å². The molecule has 1 aromatic heterocycles. The van der Waals surface area contributed by atoms with Crippen LogP contribution in [0.2, 0.25) is 0 Å². The highest BCUT2D eigenvalue weighted by Crippen LogP contribution is 2.23. The zero-order valence-electron chi connectivity index (χ0n) is 13.9. The average Bonchev–Trinajstić information content (AvgIpc) is 2.46. The lowest BCUT2D eigenvalue weighted by Crippen LogP contribution is -2.45. The summed E-state index contributed by atoms with van der Waals surface area (Å²) in [4.78, 5) is 18.8. The van der Waals surface area contributed by atoms with Crippen molar-refractivity contribution in [2.24, 2.45) is 11.7 Å². The first-order chi connectivity index (χ1) is 9.99. The first-order valence-corrected chi connectivity index (χ1v) is 7.65. The lowest BCUT2D eigenvalue weighted by atomic mass is 9.92. The molecule has 5 nitrogen and oxygen atoms in total. The molecule has 0 bridgehead atoms. The second kappa shape index (κ2) is 9.96. The number of halogens is 2. The molecule has 1 amide bonds. The Labute approximate surface area is 150 Å². The minimum Gasteiger partial charge on any atom is -0.489 e. The number of rotatable bonds is 4. The van der Waals surface area contributed by atoms with Crippen molar-refractivity contribution in [2.75, 3.05) is 13.1 Å². The summed E-state index contributed by atoms with van der Waals surface area (Å²) in [6.45, 7) is 7.35. The Kier molecular flexibility index (Phi) is 9.51. The molecule has 2 rings (SSSR count). The van der Waals surface area contributed by atoms with Gasteiger partial charge in [0.1, 0.15) is 0 Å². The van der Waals surface area contributed by atoms with E-state index >= 15 is 0 Å². The molecule has 1 saturated heterocycles. The summed E-state index contributed by atoms with van der Waals surface area (Å²) in [5.74, 6) is 0.859. The van der Waals surface area contributed by atoms with Crippen LogP contribution < -0.4 is 10.5 Å². The van der Waals surface area contributed by atoms with Crippen molar-refractivity contribution < 1.29 is 9.53 Å². The van der Waals surface area contributed by atoms with Gasteiger partial charge < -0.3 is 15.4 Å². The van der Waals surface area contributed by atoms with Gasteiger partial charge >= 0.3 is 0 Å². The van der Waals surface area contributed by atoms with Crippen molar-refractivity contribution in [2.45, 2.75) is 45.8 Å². The van der Waals surface area contributed by atoms with Crippen molar-refractivity contribution in [1.82, 2.24) is 9.88 Å². The number of hydrogen-bond donors (Lipinski definition) is 1. The standard InChI is InChI=1S/C16H25N3O2.2ClH/c1-11(2)21-14-7-4-8-18-15(14)16(20)19-9-5-6-13(10-19)12(3)17;;/h4,7-8,11-13H,5-6,9-10,17H2,1-3H3;2*1H. The summed E-state index contributed by atoms with van der Waals surface area (Å²) in [5.41, 5.74) is 6.39. The summed E-state index contributed by atoms with van der Waals surface area (Å²) < 4.78 is 5.70. The van der Waals surface area contributed by atoms with E-state index in [0.29, 0.717) is 23.9 Å². The predicted octanol–water partition coefficient (Wildman–Crippen LogP) is 2.91. The molecule has 0 spiro atoms. The number of piperidine rings is 1. The average molecular weight is 364 g/mol. The lowest BCUT2D eigenvalue weighted by Gasteiger charge is -2.34. The largest absolute Gasteiger partial charge is 0.489 e. The second-order valence-electron chi connectivity index (χ2n) is 6.03. The van der Waals surface area contributed by atoms with Gasteiger partial charge in [-0.15, -0.1) is 24.8 Å². The number of nitrogens with two attached hydrogens (primary N) is 1. The maximum atomic E-state index is 12.7. The van der Waals surface area contributed by atoms with E-state index in [1.807, 2.05) is 25.7 Å². The van der Waals surface area contributed by atoms with Crippen molar-refractivity contribution in [3.63, 3.8) is 0 Å². The Balaban J connectivity index is 0.00000242. The molecule has 132 valence electrons. The third kappa shape index (κ3) is 5.83. The van der Waals surface area contributed by atoms with Crippen LogP contribution in [0.25, 0.3) is 0 Å². The van der Waals surface area contributed by atoms with E-state index in [9.17, 15) is 4.79 Å². The van der Waals surface area contributed by atoms with Gasteiger partial charge in [-0.05, 0) is 51.7 Å². The number of ether oxygens (including phenoxy) is 1. The highest BCUT2D eigenvalue weighted by atomic mass is 35.5. The third-order valence-electron chi connectivity index (χ3n) is 3.82. The predicted molar refractivity (Wildman–Crippen MR) is 96.8 cm³/mol. The molecule has 23 heavy (non-hydrogen) atoms. The van der Waals surface area contributed by atoms with Gasteiger partial charge in [-0.2, -0.15) is 0 Å². The minimum atomic E-state index is -0.0587. The number of carbonyl (C=O) groups is 1. The molecule has 1 aliphatic heterocycles. The Morgan fingerprint density at radius 3 is 2.70 bits per heavy atom. The molecule has 2 heterocycles. The first kappa shape index (κ1) is 22.0. The van der Waals surface area contributed by atoms with Crippen molar-refractivity contribution >= 4 is 30.7 Å². The van der Waals surface area contributed by atoms with Crippen LogP contribution in [0.3, 0.4) is 0 Å². The molecule has 0 saturated carbocycles. The third-order valence-corrected chi connectivity index (χ3v) is 3.82. The molecular formula is C16H27Cl2N3O2. The van der Waals surface area contributed by atoms with Crippen LogP contribution in [-0.4, -0.2) is 41.0 Å². The van der Waals surface area contributed by atoms with Crippen molar-refractivity contribution in [3.8, 4) is 5.75 Å². The van der Waals surface area contributed by atoms with E-state index < -0.39 is 0 Å². The molecule has 0 radical (unpaired) electrons. The number of nitrogens with zero attached hydrogens (tertiary/aromatic N) is 2. The van der Waals surface area contributed by atoms with Gasteiger partial charge in [0.05, 0.1) is 6.10 Å². The molecule has 1 aromatic rings. The molecule has 2 unspecified atom stereocenters. The number of amides is 1. The van der Waals surface area contributed by atoms with Crippen LogP contribution in [0.15, 0.2) is 18.3 Å². The van der Waals surface area contributed by atoms with Crippen molar-refractivity contribution in [1.29, 1.82) is 0 Å². The Bertz CT molecular complexity index is 498. The van der Waals surface area contributed by atoms with Gasteiger partial charge in [0.15, 0.2) is 11.4 Å². The quantitative estimate of drug-likeness (QED) is 0.892. The topological polar surface area (TPSA) is 68.5 Å². The molecule has 2 N–H and O–H groups in total. The Morgan fingerprint density at radius 2 is 2.09 bits per heavy atom. The second-order valence-corrected chi connectivity index (χ2v) is 6.03. The molecule has 1 fully saturated rings. The molecule has 2 atom stereocenters. The molecule has 7 heteroatoms. The maximum Gasteiger partial charge on any atom is 0.276 e. The van der Waals surface area contributed by atoms with E-state index in [0.717, 1.165) is 19.4 Å². The summed E-state index contributed by atoms with van der Waals surface area (Å²) in [7, 11) is 0. The minimum absolute atomic E-state index is 0. The highest BCUT2D eigenvalue weighted by Gasteiger charge is 2.28. The van der Waals surface area contributed by atoms with Crippen LogP contribution in [0.4, 0.5) is 0 Å². The van der Waals surface area contributed by atoms with E-state index in [-0.39, 0.29) is 42.9 Å². The van der Waals surface area contributed by atoms with Gasteiger partial charge in [-0.1, -0.05) is 0 Å². The summed E-state index contributed by atoms with van der Waals surface area (Å²) in [5, 5.41) is 0. The van der Waals surface area contributed by atoms with Gasteiger partial charge in [-0.25, -0.2) is 4.98 Å². The van der Waals surface area contributed by atoms with Gasteiger partial charge in [0.25, 0.3) is 5.91 Å². The zero-order chi connectivity index (χ0) is 15.4. The van der Waals surface area contributed by atoms with E-state index in [1.165, 1.54) is 0 Å². The lowest BCUT2D eigenvalue weighted by molar-refractivity contribution is 0.0648. The molecular weight excluding hydrogens is 337 g/mol. The SMILES string of the molecule is CC(C)Oc1cccnc1C(=O)N1CCCC(C(C)N)C1.Cl.Cl. The normalized spacial score (nSPS) is 18.7. The fourth-order valence-corrected chi connectivity index (χ4v) is 2.67. The number of likely N-dealkylation sites (tertiary alicyclic amines) is 1. The Morgan fingerprint density at radius 1 is 1.39 bits per heavy atom. The van der Waals surface area contributed by atoms with Crippen LogP contribution in [0.1, 0.15) is 44.1 Å². The summed E-state index contributed by atoms with van der Waals surface area (Å²) >= 11 is 0. The number of carbonyl (C=O) groups excluding carboxylic acids is 1. The van der Waals surface area contributed by atoms with Gasteiger partial charge in [0, 0.05) is 25.3 Å². The van der Waals surface area contributed by atoms with Crippen LogP contribution >= 0.6 is 24.8 Å². The number of hydrogen-bond acceptors (Lipinski definition) is 4. The smallest absolute Gasteiger partial charge is 0.276 e. The first-order valence-electron chi connectivity index (χ1n) is 7.65. The molecule has 0 aromatic carbocycles. The van der Waals surface area contributed by atoms with Crippen molar-refractivity contribution in [3.05, 3.63) is 24.0 Å². The summed E-state index contributed by atoms with van der Waals surface area (Å²) in [6.07, 6.45) is 3.72. The van der Waals surface area contributed by atoms with Gasteiger partial charge in [0.2, 0.25) is 0 Å². The Hall–Kier alpha value is -1.04. The number of aromatic nitrogens is 1. The molecule has 0 aliphatic carbocycles. The number of pyridine rings is 1. The van der Waals surface area contributed by atoms with E-state index in [1.54, 1.807) is 18.3 Å². The molecule has 1 aliphatic rings. The zero-order valence-corrected chi connectivity index (χ0v) is 15.5. The van der Waals surface area contributed by atoms with E-state index in [4.69, 9.17) is 10.5 Å². The van der Waals surface area contributed by atoms with Crippen LogP contribution in [-0.2, 0) is 0 Å². The highest BCUT2D eigenvalue weighted by molar-refractivity contribution is 5.95. The van der Waals surface area contributed by atoms with E-state index in [2.05, 4.69) is 4.98 Å². The monoisotopic (exact) mass is 363 g/mol. The van der Waals surface area contributed by atoms with Gasteiger partial charge in [-0.3, -0.25) is 4.79 Å². The fourth-order valence-electron chi connectivity index (χ4n) is 2.67.